The first-order chi connectivity index (χ1) is 19.5. The van der Waals surface area contributed by atoms with Gasteiger partial charge in [-0.3, -0.25) is 19.2 Å². The van der Waals surface area contributed by atoms with Crippen molar-refractivity contribution in [2.24, 2.45) is 5.92 Å². The normalized spacial score (nSPS) is 19.4. The molecule has 1 saturated heterocycles. The van der Waals surface area contributed by atoms with E-state index in [1.54, 1.807) is 30.9 Å². The third-order valence-corrected chi connectivity index (χ3v) is 7.74. The number of carbonyl (C=O) groups excluding carboxylic acids is 4. The third kappa shape index (κ3) is 12.1. The van der Waals surface area contributed by atoms with E-state index in [4.69, 9.17) is 0 Å². The van der Waals surface area contributed by atoms with E-state index in [0.29, 0.717) is 31.8 Å². The zero-order valence-electron chi connectivity index (χ0n) is 25.7. The summed E-state index contributed by atoms with van der Waals surface area (Å²) in [6.45, 7) is 8.37. The molecule has 2 fully saturated rings. The van der Waals surface area contributed by atoms with Gasteiger partial charge in [0.1, 0.15) is 6.04 Å². The first kappa shape index (κ1) is 34.0. The highest BCUT2D eigenvalue weighted by atomic mass is 16.2. The van der Waals surface area contributed by atoms with E-state index in [2.05, 4.69) is 22.5 Å². The third-order valence-electron chi connectivity index (χ3n) is 7.74. The van der Waals surface area contributed by atoms with Gasteiger partial charge in [0.15, 0.2) is 0 Å². The van der Waals surface area contributed by atoms with E-state index in [1.807, 2.05) is 44.2 Å². The fourth-order valence-corrected chi connectivity index (χ4v) is 5.37. The largest absolute Gasteiger partial charge is 0.354 e. The molecule has 1 aromatic rings. The minimum Gasteiger partial charge on any atom is -0.354 e. The molecule has 0 spiro atoms. The molecule has 1 heterocycles. The Kier molecular flexibility index (Phi) is 14.6. The average Bonchev–Trinajstić information content (AvgIpc) is 3.37. The van der Waals surface area contributed by atoms with Gasteiger partial charge in [0, 0.05) is 46.1 Å². The Labute approximate surface area is 246 Å². The van der Waals surface area contributed by atoms with Crippen molar-refractivity contribution in [3.8, 4) is 0 Å². The second-order valence-electron chi connectivity index (χ2n) is 11.7. The van der Waals surface area contributed by atoms with Gasteiger partial charge in [-0.1, -0.05) is 61.7 Å². The molecule has 1 aromatic carbocycles. The van der Waals surface area contributed by atoms with Gasteiger partial charge in [-0.2, -0.15) is 0 Å². The number of hydrogen-bond acceptors (Lipinski definition) is 5. The van der Waals surface area contributed by atoms with Crippen LogP contribution in [0.3, 0.4) is 0 Å². The van der Waals surface area contributed by atoms with E-state index in [9.17, 15) is 19.2 Å². The summed E-state index contributed by atoms with van der Waals surface area (Å²) in [4.78, 5) is 52.5. The predicted octanol–water partition coefficient (Wildman–Crippen LogP) is 3.05. The molecule has 1 aliphatic carbocycles. The van der Waals surface area contributed by atoms with Crippen molar-refractivity contribution >= 4 is 23.6 Å². The Balaban J connectivity index is 0.000000564. The lowest BCUT2D eigenvalue weighted by Crippen LogP contribution is -2.46. The number of rotatable bonds is 11. The summed E-state index contributed by atoms with van der Waals surface area (Å²) in [6.07, 6.45) is 7.87. The number of amides is 4. The van der Waals surface area contributed by atoms with E-state index in [-0.39, 0.29) is 42.1 Å². The van der Waals surface area contributed by atoms with Gasteiger partial charge < -0.3 is 25.8 Å². The molecule has 0 radical (unpaired) electrons. The SMILES string of the molecule is C=C(C)CC(=O)N1CC(NC(=O)CC2CCCCC2)C[C@H]1C(=O)NCCc1ccccc1.CN[C@@H](C)C(=O)N(C)C. The van der Waals surface area contributed by atoms with Gasteiger partial charge in [-0.05, 0) is 58.1 Å². The first-order valence-corrected chi connectivity index (χ1v) is 14.9. The van der Waals surface area contributed by atoms with Gasteiger partial charge in [0.25, 0.3) is 0 Å². The van der Waals surface area contributed by atoms with Crippen LogP contribution < -0.4 is 16.0 Å². The van der Waals surface area contributed by atoms with Crippen molar-refractivity contribution in [2.75, 3.05) is 34.2 Å². The van der Waals surface area contributed by atoms with Crippen LogP contribution in [0.2, 0.25) is 0 Å². The second kappa shape index (κ2) is 17.6. The smallest absolute Gasteiger partial charge is 0.242 e. The lowest BCUT2D eigenvalue weighted by molar-refractivity contribution is -0.138. The van der Waals surface area contributed by atoms with Crippen LogP contribution in [0.4, 0.5) is 0 Å². The monoisotopic (exact) mass is 569 g/mol. The summed E-state index contributed by atoms with van der Waals surface area (Å²) in [6, 6.07) is 9.17. The summed E-state index contributed by atoms with van der Waals surface area (Å²) in [5.41, 5.74) is 1.92. The molecular formula is C32H51N5O4. The fraction of sp³-hybridized carbons (Fsp3) is 0.625. The number of hydrogen-bond donors (Lipinski definition) is 3. The van der Waals surface area contributed by atoms with Crippen LogP contribution >= 0.6 is 0 Å². The van der Waals surface area contributed by atoms with Gasteiger partial charge in [0.2, 0.25) is 23.6 Å². The highest BCUT2D eigenvalue weighted by Crippen LogP contribution is 2.27. The number of likely N-dealkylation sites (tertiary alicyclic amines) is 1. The Morgan fingerprint density at radius 2 is 1.73 bits per heavy atom. The summed E-state index contributed by atoms with van der Waals surface area (Å²) < 4.78 is 0. The van der Waals surface area contributed by atoms with Crippen molar-refractivity contribution in [3.05, 3.63) is 48.0 Å². The van der Waals surface area contributed by atoms with E-state index >= 15 is 0 Å². The van der Waals surface area contributed by atoms with Crippen LogP contribution in [0, 0.1) is 5.92 Å². The Hall–Kier alpha value is -3.20. The van der Waals surface area contributed by atoms with Crippen molar-refractivity contribution in [1.29, 1.82) is 0 Å². The molecule has 228 valence electrons. The van der Waals surface area contributed by atoms with E-state index in [1.165, 1.54) is 19.3 Å². The zero-order valence-corrected chi connectivity index (χ0v) is 25.7. The maximum Gasteiger partial charge on any atom is 0.242 e. The Morgan fingerprint density at radius 1 is 1.07 bits per heavy atom. The van der Waals surface area contributed by atoms with Gasteiger partial charge in [-0.25, -0.2) is 0 Å². The van der Waals surface area contributed by atoms with Crippen LogP contribution in [-0.4, -0.2) is 85.8 Å². The second-order valence-corrected chi connectivity index (χ2v) is 11.7. The van der Waals surface area contributed by atoms with Gasteiger partial charge in [-0.15, -0.1) is 0 Å². The van der Waals surface area contributed by atoms with Crippen molar-refractivity contribution in [2.45, 2.75) is 89.8 Å². The molecular weight excluding hydrogens is 518 g/mol. The number of benzene rings is 1. The summed E-state index contributed by atoms with van der Waals surface area (Å²) in [7, 11) is 5.26. The van der Waals surface area contributed by atoms with Crippen LogP contribution in [0.25, 0.3) is 0 Å². The quantitative estimate of drug-likeness (QED) is 0.355. The van der Waals surface area contributed by atoms with Crippen LogP contribution in [0.5, 0.6) is 0 Å². The molecule has 2 aliphatic rings. The van der Waals surface area contributed by atoms with Crippen LogP contribution in [-0.2, 0) is 25.6 Å². The Bertz CT molecular complexity index is 1010. The first-order valence-electron chi connectivity index (χ1n) is 14.9. The molecule has 3 atom stereocenters. The summed E-state index contributed by atoms with van der Waals surface area (Å²) in [5, 5.41) is 8.93. The molecule has 9 nitrogen and oxygen atoms in total. The topological polar surface area (TPSA) is 111 Å². The minimum atomic E-state index is -0.558. The molecule has 1 aliphatic heterocycles. The molecule has 4 amide bonds. The van der Waals surface area contributed by atoms with Gasteiger partial charge in [0.05, 0.1) is 6.04 Å². The highest BCUT2D eigenvalue weighted by molar-refractivity contribution is 5.89. The van der Waals surface area contributed by atoms with E-state index < -0.39 is 6.04 Å². The molecule has 0 aromatic heterocycles. The van der Waals surface area contributed by atoms with Crippen molar-refractivity contribution < 1.29 is 19.2 Å². The number of carbonyl (C=O) groups is 4. The van der Waals surface area contributed by atoms with Crippen molar-refractivity contribution in [3.63, 3.8) is 0 Å². The van der Waals surface area contributed by atoms with Gasteiger partial charge >= 0.3 is 0 Å². The Morgan fingerprint density at radius 3 is 2.29 bits per heavy atom. The minimum absolute atomic E-state index is 0.0411. The molecule has 3 N–H and O–H groups in total. The maximum atomic E-state index is 12.9. The van der Waals surface area contributed by atoms with E-state index in [0.717, 1.165) is 30.4 Å². The molecule has 1 unspecified atom stereocenters. The number of nitrogens with one attached hydrogen (secondary N) is 3. The molecule has 1 saturated carbocycles. The van der Waals surface area contributed by atoms with Crippen molar-refractivity contribution in [1.82, 2.24) is 25.8 Å². The average molecular weight is 570 g/mol. The lowest BCUT2D eigenvalue weighted by atomic mass is 9.87. The zero-order chi connectivity index (χ0) is 30.4. The predicted molar refractivity (Wildman–Crippen MR) is 163 cm³/mol. The summed E-state index contributed by atoms with van der Waals surface area (Å²) in [5.74, 6) is 0.352. The summed E-state index contributed by atoms with van der Waals surface area (Å²) >= 11 is 0. The van der Waals surface area contributed by atoms with Crippen LogP contribution in [0.1, 0.15) is 70.8 Å². The standard InChI is InChI=1S/C26H37N3O3.C6H14N2O/c1-19(2)15-25(31)29-18-22(28-24(30)16-21-11-7-4-8-12-21)17-23(29)26(32)27-14-13-20-9-5-3-6-10-20;1-5(7-2)6(9)8(3)4/h3,5-6,9-10,21-23H,1,4,7-8,11-18H2,2H3,(H,27,32)(H,28,30);5,7H,1-4H3/t22?,23-;5-/m00/s1. The molecule has 0 bridgehead atoms. The fourth-order valence-electron chi connectivity index (χ4n) is 5.37. The molecule has 3 rings (SSSR count). The highest BCUT2D eigenvalue weighted by Gasteiger charge is 2.40. The van der Waals surface area contributed by atoms with Crippen LogP contribution in [0.15, 0.2) is 42.5 Å². The number of likely N-dealkylation sites (N-methyl/N-ethyl adjacent to an activating group) is 2. The number of nitrogens with zero attached hydrogens (tertiary/aromatic N) is 2. The molecule has 41 heavy (non-hydrogen) atoms. The maximum absolute atomic E-state index is 12.9. The lowest BCUT2D eigenvalue weighted by Gasteiger charge is -2.24. The molecule has 9 heteroatoms.